The largest absolute Gasteiger partial charge is 0.497 e. The van der Waals surface area contributed by atoms with Crippen LogP contribution in [0.15, 0.2) is 76.7 Å². The highest BCUT2D eigenvalue weighted by molar-refractivity contribution is 6.18. The van der Waals surface area contributed by atoms with Crippen molar-refractivity contribution in [1.82, 2.24) is 4.90 Å². The zero-order valence-electron chi connectivity index (χ0n) is 18.3. The lowest BCUT2D eigenvalue weighted by Crippen LogP contribution is -2.43. The van der Waals surface area contributed by atoms with Gasteiger partial charge in [-0.25, -0.2) is 18.8 Å². The Hall–Kier alpha value is -3.88. The number of hydrogen-bond acceptors (Lipinski definition) is 6. The quantitative estimate of drug-likeness (QED) is 0.587. The number of benzene rings is 2. The molecule has 1 saturated carbocycles. The van der Waals surface area contributed by atoms with Crippen molar-refractivity contribution >= 4 is 23.2 Å². The monoisotopic (exact) mass is 452 g/mol. The minimum Gasteiger partial charge on any atom is -0.497 e. The predicted molar refractivity (Wildman–Crippen MR) is 127 cm³/mol. The SMILES string of the molecule is C=C(/N=C1\C(=C/N)N=C(Nc2cc(F)ccc2F)N1C1CCCC1)Nc1ccc(OC)cc1. The molecule has 0 radical (unpaired) electrons. The van der Waals surface area contributed by atoms with Crippen molar-refractivity contribution in [3.63, 3.8) is 0 Å². The highest BCUT2D eigenvalue weighted by Crippen LogP contribution is 2.31. The summed E-state index contributed by atoms with van der Waals surface area (Å²) in [6, 6.07) is 10.7. The fourth-order valence-corrected chi connectivity index (χ4v) is 3.97. The third kappa shape index (κ3) is 4.97. The maximum Gasteiger partial charge on any atom is 0.210 e. The average Bonchev–Trinajstić information content (AvgIpc) is 3.44. The van der Waals surface area contributed by atoms with Crippen LogP contribution < -0.4 is 21.1 Å². The minimum atomic E-state index is -0.584. The van der Waals surface area contributed by atoms with Gasteiger partial charge in [-0.3, -0.25) is 4.90 Å². The first-order valence-corrected chi connectivity index (χ1v) is 10.7. The molecule has 1 aliphatic carbocycles. The Labute approximate surface area is 191 Å². The smallest absolute Gasteiger partial charge is 0.210 e. The number of methoxy groups -OCH3 is 1. The summed E-state index contributed by atoms with van der Waals surface area (Å²) < 4.78 is 33.2. The molecule has 33 heavy (non-hydrogen) atoms. The molecule has 0 unspecified atom stereocenters. The van der Waals surface area contributed by atoms with Gasteiger partial charge in [0.15, 0.2) is 5.84 Å². The van der Waals surface area contributed by atoms with Crippen LogP contribution in [0.25, 0.3) is 0 Å². The maximum absolute atomic E-state index is 14.3. The molecule has 2 aromatic carbocycles. The Morgan fingerprint density at radius 3 is 2.61 bits per heavy atom. The molecule has 0 bridgehead atoms. The lowest BCUT2D eigenvalue weighted by Gasteiger charge is -2.28. The maximum atomic E-state index is 14.3. The van der Waals surface area contributed by atoms with Crippen molar-refractivity contribution in [2.75, 3.05) is 17.7 Å². The fourth-order valence-electron chi connectivity index (χ4n) is 3.97. The third-order valence-electron chi connectivity index (χ3n) is 5.55. The molecule has 1 fully saturated rings. The molecule has 7 nitrogen and oxygen atoms in total. The standard InChI is InChI=1S/C24H26F2N6O/c1-15(28-17-8-10-19(33-2)11-9-17)29-23-22(14-27)31-24(32(23)18-5-3-4-6-18)30-21-13-16(25)7-12-20(21)26/h7-14,18,28H,1,3-6,27H2,2H3,(H,30,31)/b22-14+,29-23+. The zero-order chi connectivity index (χ0) is 23.4. The molecule has 4 N–H and O–H groups in total. The van der Waals surface area contributed by atoms with Crippen LogP contribution in [0, 0.1) is 11.6 Å². The van der Waals surface area contributed by atoms with Gasteiger partial charge in [0.2, 0.25) is 5.96 Å². The Kier molecular flexibility index (Phi) is 6.58. The second-order valence-corrected chi connectivity index (χ2v) is 7.78. The zero-order valence-corrected chi connectivity index (χ0v) is 18.3. The summed E-state index contributed by atoms with van der Waals surface area (Å²) in [6.45, 7) is 4.02. The molecule has 2 aliphatic rings. The molecule has 0 saturated heterocycles. The number of nitrogens with two attached hydrogens (primary N) is 1. The number of rotatable bonds is 6. The van der Waals surface area contributed by atoms with E-state index in [0.29, 0.717) is 23.3 Å². The van der Waals surface area contributed by atoms with Crippen LogP contribution in [0.4, 0.5) is 20.2 Å². The van der Waals surface area contributed by atoms with E-state index in [2.05, 4.69) is 27.2 Å². The molecule has 172 valence electrons. The van der Waals surface area contributed by atoms with Crippen molar-refractivity contribution in [1.29, 1.82) is 0 Å². The van der Waals surface area contributed by atoms with Gasteiger partial charge in [-0.1, -0.05) is 19.4 Å². The molecule has 0 atom stereocenters. The van der Waals surface area contributed by atoms with Crippen LogP contribution in [0.2, 0.25) is 0 Å². The van der Waals surface area contributed by atoms with Crippen LogP contribution in [0.3, 0.4) is 0 Å². The van der Waals surface area contributed by atoms with Crippen LogP contribution in [0.5, 0.6) is 5.75 Å². The molecule has 9 heteroatoms. The number of halogens is 2. The van der Waals surface area contributed by atoms with Crippen molar-refractivity contribution in [2.24, 2.45) is 15.7 Å². The molecule has 1 aliphatic heterocycles. The summed E-state index contributed by atoms with van der Waals surface area (Å²) in [5.41, 5.74) is 7.05. The van der Waals surface area contributed by atoms with Crippen molar-refractivity contribution in [3.8, 4) is 5.75 Å². The van der Waals surface area contributed by atoms with E-state index in [1.807, 2.05) is 29.2 Å². The van der Waals surface area contributed by atoms with Gasteiger partial charge in [0.05, 0.1) is 12.8 Å². The number of nitrogens with one attached hydrogen (secondary N) is 2. The Bertz CT molecular complexity index is 1120. The number of hydrogen-bond donors (Lipinski definition) is 3. The molecular formula is C24H26F2N6O. The van der Waals surface area contributed by atoms with Gasteiger partial charge in [0.25, 0.3) is 0 Å². The summed E-state index contributed by atoms with van der Waals surface area (Å²) in [6.07, 6.45) is 5.30. The molecule has 2 aromatic rings. The molecule has 4 rings (SSSR count). The molecular weight excluding hydrogens is 426 g/mol. The van der Waals surface area contributed by atoms with E-state index in [1.54, 1.807) is 7.11 Å². The second kappa shape index (κ2) is 9.72. The molecule has 0 spiro atoms. The Morgan fingerprint density at radius 1 is 1.21 bits per heavy atom. The molecule has 0 amide bonds. The summed E-state index contributed by atoms with van der Waals surface area (Å²) in [5, 5.41) is 6.07. The van der Waals surface area contributed by atoms with Crippen LogP contribution in [-0.4, -0.2) is 29.8 Å². The van der Waals surface area contributed by atoms with E-state index in [-0.39, 0.29) is 11.7 Å². The molecule has 0 aromatic heterocycles. The second-order valence-electron chi connectivity index (χ2n) is 7.78. The number of aliphatic imine (C=N–C) groups is 2. The van der Waals surface area contributed by atoms with E-state index in [1.165, 1.54) is 6.20 Å². The topological polar surface area (TPSA) is 87.3 Å². The lowest BCUT2D eigenvalue weighted by atomic mass is 10.2. The van der Waals surface area contributed by atoms with Crippen LogP contribution >= 0.6 is 0 Å². The van der Waals surface area contributed by atoms with E-state index in [0.717, 1.165) is 55.3 Å². The third-order valence-corrected chi connectivity index (χ3v) is 5.55. The van der Waals surface area contributed by atoms with Crippen molar-refractivity contribution in [3.05, 3.63) is 78.4 Å². The van der Waals surface area contributed by atoms with E-state index < -0.39 is 11.6 Å². The normalized spacial score (nSPS) is 18.6. The summed E-state index contributed by atoms with van der Waals surface area (Å²) in [7, 11) is 1.60. The van der Waals surface area contributed by atoms with Gasteiger partial charge in [-0.05, 0) is 49.2 Å². The summed E-state index contributed by atoms with van der Waals surface area (Å²) in [5.74, 6) is 0.827. The lowest BCUT2D eigenvalue weighted by molar-refractivity contribution is 0.415. The molecule has 1 heterocycles. The minimum absolute atomic E-state index is 0.00967. The fraction of sp³-hybridized carbons (Fsp3) is 0.250. The van der Waals surface area contributed by atoms with Gasteiger partial charge >= 0.3 is 0 Å². The first-order chi connectivity index (χ1) is 16.0. The highest BCUT2D eigenvalue weighted by Gasteiger charge is 2.36. The van der Waals surface area contributed by atoms with E-state index in [4.69, 9.17) is 10.5 Å². The predicted octanol–water partition coefficient (Wildman–Crippen LogP) is 4.78. The van der Waals surface area contributed by atoms with Gasteiger partial charge in [-0.15, -0.1) is 0 Å². The summed E-state index contributed by atoms with van der Waals surface area (Å²) in [4.78, 5) is 11.1. The number of amidine groups is 1. The van der Waals surface area contributed by atoms with Crippen LogP contribution in [-0.2, 0) is 0 Å². The average molecular weight is 453 g/mol. The van der Waals surface area contributed by atoms with Crippen molar-refractivity contribution in [2.45, 2.75) is 31.7 Å². The van der Waals surface area contributed by atoms with Gasteiger partial charge in [0, 0.05) is 24.0 Å². The van der Waals surface area contributed by atoms with Crippen molar-refractivity contribution < 1.29 is 13.5 Å². The van der Waals surface area contributed by atoms with Gasteiger partial charge < -0.3 is 21.1 Å². The number of anilines is 2. The van der Waals surface area contributed by atoms with Gasteiger partial charge in [0.1, 0.15) is 28.9 Å². The number of nitrogens with zero attached hydrogens (tertiary/aromatic N) is 3. The Morgan fingerprint density at radius 2 is 1.94 bits per heavy atom. The number of guanidine groups is 1. The van der Waals surface area contributed by atoms with E-state index in [9.17, 15) is 8.78 Å². The van der Waals surface area contributed by atoms with Gasteiger partial charge in [-0.2, -0.15) is 0 Å². The Balaban J connectivity index is 1.62. The highest BCUT2D eigenvalue weighted by atomic mass is 19.1. The van der Waals surface area contributed by atoms with Crippen LogP contribution in [0.1, 0.15) is 25.7 Å². The van der Waals surface area contributed by atoms with E-state index >= 15 is 0 Å². The first-order valence-electron chi connectivity index (χ1n) is 10.7. The number of ether oxygens (including phenoxy) is 1. The first kappa shape index (κ1) is 22.3. The summed E-state index contributed by atoms with van der Waals surface area (Å²) >= 11 is 0.